The third-order valence-electron chi connectivity index (χ3n) is 3.24. The highest BCUT2D eigenvalue weighted by molar-refractivity contribution is 9.10. The van der Waals surface area contributed by atoms with Gasteiger partial charge >= 0.3 is 5.97 Å². The monoisotopic (exact) mass is 423 g/mol. The van der Waals surface area contributed by atoms with Gasteiger partial charge in [0.15, 0.2) is 6.61 Å². The number of nitrogens with zero attached hydrogens (tertiary/aromatic N) is 1. The first-order chi connectivity index (χ1) is 12.3. The van der Waals surface area contributed by atoms with Gasteiger partial charge in [-0.05, 0) is 24.3 Å². The van der Waals surface area contributed by atoms with Crippen molar-refractivity contribution in [1.29, 1.82) is 0 Å². The number of nitro groups is 1. The molecule has 0 heterocycles. The van der Waals surface area contributed by atoms with Crippen molar-refractivity contribution in [1.82, 2.24) is 0 Å². The third-order valence-corrected chi connectivity index (χ3v) is 3.73. The van der Waals surface area contributed by atoms with Gasteiger partial charge in [-0.2, -0.15) is 0 Å². The van der Waals surface area contributed by atoms with Crippen LogP contribution in [0.5, 0.6) is 5.75 Å². The van der Waals surface area contributed by atoms with Crippen LogP contribution in [-0.2, 0) is 9.53 Å². The van der Waals surface area contributed by atoms with Gasteiger partial charge in [0.25, 0.3) is 11.6 Å². The van der Waals surface area contributed by atoms with E-state index in [1.807, 2.05) is 0 Å². The summed E-state index contributed by atoms with van der Waals surface area (Å²) in [7, 11) is 1.31. The molecule has 1 amide bonds. The molecule has 0 aliphatic heterocycles. The van der Waals surface area contributed by atoms with Crippen molar-refractivity contribution in [3.05, 3.63) is 56.5 Å². The lowest BCUT2D eigenvalue weighted by Gasteiger charge is -2.11. The van der Waals surface area contributed by atoms with Crippen LogP contribution in [0.4, 0.5) is 17.1 Å². The molecule has 0 fully saturated rings. The van der Waals surface area contributed by atoms with Crippen LogP contribution in [0.2, 0.25) is 0 Å². The number of nitrogen functional groups attached to an aromatic ring is 1. The molecule has 0 atom stereocenters. The van der Waals surface area contributed by atoms with Crippen LogP contribution in [0, 0.1) is 10.1 Å². The lowest BCUT2D eigenvalue weighted by molar-refractivity contribution is -0.384. The summed E-state index contributed by atoms with van der Waals surface area (Å²) < 4.78 is 10.6. The van der Waals surface area contributed by atoms with Gasteiger partial charge in [-0.15, -0.1) is 0 Å². The van der Waals surface area contributed by atoms with Crippen LogP contribution in [0.25, 0.3) is 0 Å². The fourth-order valence-electron chi connectivity index (χ4n) is 2.00. The van der Waals surface area contributed by atoms with E-state index in [-0.39, 0.29) is 28.4 Å². The number of non-ortho nitro benzene ring substituents is 1. The summed E-state index contributed by atoms with van der Waals surface area (Å²) in [5.41, 5.74) is 6.07. The summed E-state index contributed by atoms with van der Waals surface area (Å²) in [5.74, 6) is -1.29. The first kappa shape index (κ1) is 19.2. The maximum absolute atomic E-state index is 12.0. The van der Waals surface area contributed by atoms with E-state index < -0.39 is 23.4 Å². The number of nitrogens with two attached hydrogens (primary N) is 1. The Morgan fingerprint density at radius 3 is 2.65 bits per heavy atom. The first-order valence-electron chi connectivity index (χ1n) is 7.16. The van der Waals surface area contributed by atoms with Crippen LogP contribution in [0.1, 0.15) is 10.4 Å². The number of hydrogen-bond acceptors (Lipinski definition) is 7. The van der Waals surface area contributed by atoms with Crippen LogP contribution in [0.3, 0.4) is 0 Å². The number of nitrogens with one attached hydrogen (secondary N) is 1. The summed E-state index contributed by atoms with van der Waals surface area (Å²) in [5, 5.41) is 13.2. The molecule has 3 N–H and O–H groups in total. The zero-order chi connectivity index (χ0) is 19.3. The van der Waals surface area contributed by atoms with Crippen molar-refractivity contribution < 1.29 is 24.0 Å². The number of anilines is 2. The topological polar surface area (TPSA) is 134 Å². The number of methoxy groups -OCH3 is 1. The van der Waals surface area contributed by atoms with Crippen molar-refractivity contribution >= 4 is 44.9 Å². The normalized spacial score (nSPS) is 10.1. The zero-order valence-electron chi connectivity index (χ0n) is 13.5. The zero-order valence-corrected chi connectivity index (χ0v) is 15.1. The van der Waals surface area contributed by atoms with Gasteiger partial charge in [0.1, 0.15) is 5.75 Å². The fraction of sp³-hybridized carbons (Fsp3) is 0.125. The average Bonchev–Trinajstić information content (AvgIpc) is 2.61. The molecule has 0 spiro atoms. The summed E-state index contributed by atoms with van der Waals surface area (Å²) in [6.07, 6.45) is 0. The summed E-state index contributed by atoms with van der Waals surface area (Å²) >= 11 is 3.22. The van der Waals surface area contributed by atoms with Crippen molar-refractivity contribution in [3.8, 4) is 5.75 Å². The number of halogens is 1. The number of nitro benzene ring substituents is 1. The first-order valence-corrected chi connectivity index (χ1v) is 7.95. The molecule has 0 saturated carbocycles. The molecule has 0 unspecified atom stereocenters. The molecule has 0 bridgehead atoms. The predicted molar refractivity (Wildman–Crippen MR) is 97.1 cm³/mol. The Labute approximate surface area is 156 Å². The lowest BCUT2D eigenvalue weighted by Crippen LogP contribution is -2.21. The molecule has 2 rings (SSSR count). The lowest BCUT2D eigenvalue weighted by atomic mass is 10.2. The number of ether oxygens (including phenoxy) is 2. The molecule has 2 aromatic carbocycles. The molecule has 0 radical (unpaired) electrons. The molecule has 10 heteroatoms. The van der Waals surface area contributed by atoms with E-state index in [1.165, 1.54) is 37.4 Å². The number of amides is 1. The van der Waals surface area contributed by atoms with Gasteiger partial charge in [-0.25, -0.2) is 4.79 Å². The van der Waals surface area contributed by atoms with Crippen molar-refractivity contribution in [2.24, 2.45) is 0 Å². The molecule has 26 heavy (non-hydrogen) atoms. The standard InChI is InChI=1S/C16H14BrN3O6/c1-25-14-7-10(20(23)24)3-5-13(14)19-15(21)8-26-16(22)11-6-9(17)2-4-12(11)18/h2-7H,8,18H2,1H3,(H,19,21). The summed E-state index contributed by atoms with van der Waals surface area (Å²) in [6, 6.07) is 8.39. The van der Waals surface area contributed by atoms with Crippen LogP contribution < -0.4 is 15.8 Å². The van der Waals surface area contributed by atoms with Gasteiger partial charge < -0.3 is 20.5 Å². The Morgan fingerprint density at radius 1 is 1.27 bits per heavy atom. The minimum absolute atomic E-state index is 0.107. The largest absolute Gasteiger partial charge is 0.494 e. The number of rotatable bonds is 6. The van der Waals surface area contributed by atoms with E-state index in [4.69, 9.17) is 15.2 Å². The molecule has 0 aliphatic carbocycles. The Balaban J connectivity index is 2.02. The van der Waals surface area contributed by atoms with E-state index in [1.54, 1.807) is 6.07 Å². The summed E-state index contributed by atoms with van der Waals surface area (Å²) in [6.45, 7) is -0.565. The molecule has 0 aliphatic rings. The van der Waals surface area contributed by atoms with Crippen LogP contribution in [0.15, 0.2) is 40.9 Å². The summed E-state index contributed by atoms with van der Waals surface area (Å²) in [4.78, 5) is 34.2. The van der Waals surface area contributed by atoms with E-state index in [0.29, 0.717) is 4.47 Å². The van der Waals surface area contributed by atoms with Crippen LogP contribution >= 0.6 is 15.9 Å². The van der Waals surface area contributed by atoms with Crippen LogP contribution in [-0.4, -0.2) is 30.5 Å². The van der Waals surface area contributed by atoms with Crippen molar-refractivity contribution in [3.63, 3.8) is 0 Å². The molecular formula is C16H14BrN3O6. The fourth-order valence-corrected chi connectivity index (χ4v) is 2.36. The Kier molecular flexibility index (Phi) is 6.12. The SMILES string of the molecule is COc1cc([N+](=O)[O-])ccc1NC(=O)COC(=O)c1cc(Br)ccc1N. The number of carbonyl (C=O) groups is 2. The second-order valence-corrected chi connectivity index (χ2v) is 5.91. The van der Waals surface area contributed by atoms with Gasteiger partial charge in [0.2, 0.25) is 0 Å². The highest BCUT2D eigenvalue weighted by Gasteiger charge is 2.16. The number of benzene rings is 2. The van der Waals surface area contributed by atoms with Gasteiger partial charge in [-0.3, -0.25) is 14.9 Å². The molecular weight excluding hydrogens is 410 g/mol. The molecule has 136 valence electrons. The minimum Gasteiger partial charge on any atom is -0.494 e. The van der Waals surface area contributed by atoms with E-state index in [0.717, 1.165) is 0 Å². The van der Waals surface area contributed by atoms with Gasteiger partial charge in [-0.1, -0.05) is 15.9 Å². The quantitative estimate of drug-likeness (QED) is 0.315. The van der Waals surface area contributed by atoms with Crippen molar-refractivity contribution in [2.75, 3.05) is 24.8 Å². The maximum atomic E-state index is 12.0. The Morgan fingerprint density at radius 2 is 2.00 bits per heavy atom. The second-order valence-electron chi connectivity index (χ2n) is 5.00. The Bertz CT molecular complexity index is 871. The van der Waals surface area contributed by atoms with Crippen molar-refractivity contribution in [2.45, 2.75) is 0 Å². The van der Waals surface area contributed by atoms with E-state index in [2.05, 4.69) is 21.2 Å². The minimum atomic E-state index is -0.755. The van der Waals surface area contributed by atoms with E-state index >= 15 is 0 Å². The smallest absolute Gasteiger partial charge is 0.340 e. The van der Waals surface area contributed by atoms with E-state index in [9.17, 15) is 19.7 Å². The highest BCUT2D eigenvalue weighted by atomic mass is 79.9. The number of hydrogen-bond donors (Lipinski definition) is 2. The third kappa shape index (κ3) is 4.70. The second kappa shape index (κ2) is 8.30. The molecule has 2 aromatic rings. The number of carbonyl (C=O) groups excluding carboxylic acids is 2. The Hall–Kier alpha value is -3.14. The molecule has 0 aromatic heterocycles. The maximum Gasteiger partial charge on any atom is 0.340 e. The van der Waals surface area contributed by atoms with Gasteiger partial charge in [0, 0.05) is 16.2 Å². The predicted octanol–water partition coefficient (Wildman–Crippen LogP) is 2.74. The highest BCUT2D eigenvalue weighted by Crippen LogP contribution is 2.29. The molecule has 9 nitrogen and oxygen atoms in total. The number of esters is 1. The van der Waals surface area contributed by atoms with Gasteiger partial charge in [0.05, 0.1) is 29.4 Å². The molecule has 0 saturated heterocycles. The average molecular weight is 424 g/mol.